The van der Waals surface area contributed by atoms with Crippen molar-refractivity contribution < 1.29 is 9.80 Å². The van der Waals surface area contributed by atoms with Gasteiger partial charge in [0.15, 0.2) is 0 Å². The van der Waals surface area contributed by atoms with Crippen LogP contribution in [0.5, 0.6) is 0 Å². The SMILES string of the molecule is c1ccc(C[NH+]2CCC([NH+]3CCCCC3)CC2)cc1. The van der Waals surface area contributed by atoms with Gasteiger partial charge in [-0.2, -0.15) is 0 Å². The minimum absolute atomic E-state index is 0.972. The predicted octanol–water partition coefficient (Wildman–Crippen LogP) is 0.303. The first-order valence-corrected chi connectivity index (χ1v) is 8.14. The lowest BCUT2D eigenvalue weighted by Crippen LogP contribution is -3.20. The van der Waals surface area contributed by atoms with Gasteiger partial charge in [-0.25, -0.2) is 0 Å². The largest absolute Gasteiger partial charge is 0.332 e. The second-order valence-electron chi connectivity index (χ2n) is 6.41. The highest BCUT2D eigenvalue weighted by Gasteiger charge is 2.30. The standard InChI is InChI=1S/C17H26N2/c1-3-7-16(8-4-1)15-18-13-9-17(10-14-18)19-11-5-2-6-12-19/h1,3-4,7-8,17H,2,5-6,9-15H2/p+2. The molecule has 0 atom stereocenters. The quantitative estimate of drug-likeness (QED) is 0.774. The van der Waals surface area contributed by atoms with Gasteiger partial charge in [-0.15, -0.1) is 0 Å². The van der Waals surface area contributed by atoms with E-state index in [1.807, 2.05) is 4.90 Å². The zero-order valence-corrected chi connectivity index (χ0v) is 12.0. The summed E-state index contributed by atoms with van der Waals surface area (Å²) >= 11 is 0. The summed E-state index contributed by atoms with van der Waals surface area (Å²) in [6.45, 7) is 6.87. The lowest BCUT2D eigenvalue weighted by atomic mass is 9.99. The molecule has 0 amide bonds. The van der Waals surface area contributed by atoms with E-state index < -0.39 is 0 Å². The Balaban J connectivity index is 1.46. The van der Waals surface area contributed by atoms with Crippen LogP contribution in [-0.4, -0.2) is 32.2 Å². The number of nitrogens with one attached hydrogen (secondary N) is 2. The summed E-state index contributed by atoms with van der Waals surface area (Å²) in [7, 11) is 0. The molecular weight excluding hydrogens is 232 g/mol. The van der Waals surface area contributed by atoms with Crippen LogP contribution in [0.3, 0.4) is 0 Å². The van der Waals surface area contributed by atoms with Crippen LogP contribution in [0, 0.1) is 0 Å². The zero-order valence-electron chi connectivity index (χ0n) is 12.0. The molecule has 2 heteroatoms. The molecule has 1 aromatic rings. The average molecular weight is 260 g/mol. The molecule has 1 aromatic carbocycles. The first-order chi connectivity index (χ1) is 9.42. The van der Waals surface area contributed by atoms with Gasteiger partial charge in [0.25, 0.3) is 0 Å². The van der Waals surface area contributed by atoms with E-state index in [2.05, 4.69) is 30.3 Å². The summed E-state index contributed by atoms with van der Waals surface area (Å²) in [5.41, 5.74) is 1.50. The summed E-state index contributed by atoms with van der Waals surface area (Å²) in [4.78, 5) is 3.71. The molecule has 2 nitrogen and oxygen atoms in total. The lowest BCUT2D eigenvalue weighted by Gasteiger charge is -2.36. The van der Waals surface area contributed by atoms with E-state index in [0.29, 0.717) is 0 Å². The summed E-state index contributed by atoms with van der Waals surface area (Å²) in [6.07, 6.45) is 7.29. The molecule has 0 unspecified atom stereocenters. The maximum Gasteiger partial charge on any atom is 0.103 e. The van der Waals surface area contributed by atoms with Crippen LogP contribution in [0.15, 0.2) is 30.3 Å². The molecule has 2 heterocycles. The number of hydrogen-bond acceptors (Lipinski definition) is 0. The fourth-order valence-corrected chi connectivity index (χ4v) is 3.91. The third kappa shape index (κ3) is 3.58. The molecule has 3 rings (SSSR count). The molecule has 0 radical (unpaired) electrons. The highest BCUT2D eigenvalue weighted by Crippen LogP contribution is 2.02. The topological polar surface area (TPSA) is 8.88 Å². The number of piperidine rings is 2. The molecule has 19 heavy (non-hydrogen) atoms. The fourth-order valence-electron chi connectivity index (χ4n) is 3.91. The first kappa shape index (κ1) is 13.1. The summed E-state index contributed by atoms with van der Waals surface area (Å²) in [5, 5.41) is 0. The number of hydrogen-bond donors (Lipinski definition) is 2. The molecule has 2 N–H and O–H groups in total. The Kier molecular flexibility index (Phi) is 4.52. The van der Waals surface area contributed by atoms with Crippen molar-refractivity contribution in [2.75, 3.05) is 26.2 Å². The van der Waals surface area contributed by atoms with Crippen molar-refractivity contribution in [3.8, 4) is 0 Å². The van der Waals surface area contributed by atoms with E-state index in [0.717, 1.165) is 6.04 Å². The second-order valence-corrected chi connectivity index (χ2v) is 6.41. The highest BCUT2D eigenvalue weighted by atomic mass is 15.2. The summed E-state index contributed by atoms with van der Waals surface area (Å²) in [6, 6.07) is 12.0. The minimum atomic E-state index is 0.972. The highest BCUT2D eigenvalue weighted by molar-refractivity contribution is 5.13. The van der Waals surface area contributed by atoms with Crippen molar-refractivity contribution in [2.45, 2.75) is 44.7 Å². The molecule has 0 aliphatic carbocycles. The van der Waals surface area contributed by atoms with E-state index in [9.17, 15) is 0 Å². The average Bonchev–Trinajstić information content (AvgIpc) is 2.50. The lowest BCUT2D eigenvalue weighted by molar-refractivity contribution is -0.965. The monoisotopic (exact) mass is 260 g/mol. The van der Waals surface area contributed by atoms with Crippen LogP contribution in [-0.2, 0) is 6.54 Å². The molecule has 0 saturated carbocycles. The van der Waals surface area contributed by atoms with Crippen molar-refractivity contribution in [1.29, 1.82) is 0 Å². The minimum Gasteiger partial charge on any atom is -0.332 e. The van der Waals surface area contributed by atoms with Gasteiger partial charge in [0.2, 0.25) is 0 Å². The van der Waals surface area contributed by atoms with Crippen LogP contribution in [0.2, 0.25) is 0 Å². The molecule has 0 aromatic heterocycles. The van der Waals surface area contributed by atoms with Gasteiger partial charge in [0.05, 0.1) is 32.2 Å². The third-order valence-corrected chi connectivity index (χ3v) is 5.06. The molecule has 104 valence electrons. The normalized spacial score (nSPS) is 29.3. The van der Waals surface area contributed by atoms with E-state index in [1.165, 1.54) is 70.4 Å². The van der Waals surface area contributed by atoms with Gasteiger partial charge in [0.1, 0.15) is 6.54 Å². The third-order valence-electron chi connectivity index (χ3n) is 5.06. The van der Waals surface area contributed by atoms with Gasteiger partial charge >= 0.3 is 0 Å². The number of likely N-dealkylation sites (tertiary alicyclic amines) is 2. The molecule has 2 fully saturated rings. The number of rotatable bonds is 3. The van der Waals surface area contributed by atoms with E-state index >= 15 is 0 Å². The Bertz CT molecular complexity index is 362. The Morgan fingerprint density at radius 2 is 1.53 bits per heavy atom. The molecule has 2 saturated heterocycles. The van der Waals surface area contributed by atoms with Crippen molar-refractivity contribution in [3.63, 3.8) is 0 Å². The molecule has 2 aliphatic heterocycles. The zero-order chi connectivity index (χ0) is 12.9. The van der Waals surface area contributed by atoms with Crippen molar-refractivity contribution in [2.24, 2.45) is 0 Å². The van der Waals surface area contributed by atoms with Crippen LogP contribution in [0.4, 0.5) is 0 Å². The fraction of sp³-hybridized carbons (Fsp3) is 0.647. The molecular formula is C17H28N2+2. The number of benzene rings is 1. The Morgan fingerprint density at radius 3 is 2.21 bits per heavy atom. The van der Waals surface area contributed by atoms with Gasteiger partial charge in [-0.1, -0.05) is 30.3 Å². The molecule has 0 bridgehead atoms. The second kappa shape index (κ2) is 6.53. The van der Waals surface area contributed by atoms with Crippen molar-refractivity contribution in [3.05, 3.63) is 35.9 Å². The van der Waals surface area contributed by atoms with Crippen molar-refractivity contribution in [1.82, 2.24) is 0 Å². The van der Waals surface area contributed by atoms with Gasteiger partial charge in [-0.05, 0) is 19.3 Å². The van der Waals surface area contributed by atoms with Crippen LogP contribution in [0.25, 0.3) is 0 Å². The smallest absolute Gasteiger partial charge is 0.103 e. The number of quaternary nitrogens is 2. The Morgan fingerprint density at radius 1 is 0.842 bits per heavy atom. The first-order valence-electron chi connectivity index (χ1n) is 8.14. The Hall–Kier alpha value is -0.860. The van der Waals surface area contributed by atoms with E-state index in [-0.39, 0.29) is 0 Å². The maximum absolute atomic E-state index is 2.27. The predicted molar refractivity (Wildman–Crippen MR) is 78.4 cm³/mol. The van der Waals surface area contributed by atoms with Gasteiger partial charge in [-0.3, -0.25) is 0 Å². The van der Waals surface area contributed by atoms with Crippen LogP contribution >= 0.6 is 0 Å². The Labute approximate surface area is 117 Å². The van der Waals surface area contributed by atoms with E-state index in [1.54, 1.807) is 4.90 Å². The summed E-state index contributed by atoms with van der Waals surface area (Å²) in [5.74, 6) is 0. The molecule has 0 spiro atoms. The van der Waals surface area contributed by atoms with Gasteiger partial charge in [0, 0.05) is 18.4 Å². The molecule has 2 aliphatic rings. The van der Waals surface area contributed by atoms with Gasteiger partial charge < -0.3 is 9.80 Å². The van der Waals surface area contributed by atoms with Crippen LogP contribution in [0.1, 0.15) is 37.7 Å². The summed E-state index contributed by atoms with van der Waals surface area (Å²) < 4.78 is 0. The maximum atomic E-state index is 2.27. The van der Waals surface area contributed by atoms with Crippen molar-refractivity contribution >= 4 is 0 Å². The van der Waals surface area contributed by atoms with Crippen LogP contribution < -0.4 is 9.80 Å². The van der Waals surface area contributed by atoms with E-state index in [4.69, 9.17) is 0 Å².